The maximum absolute atomic E-state index is 5.84. The minimum absolute atomic E-state index is 0.561. The number of nitrogens with zero attached hydrogens (tertiary/aromatic N) is 1. The van der Waals surface area contributed by atoms with Crippen molar-refractivity contribution in [2.75, 3.05) is 19.7 Å². The van der Waals surface area contributed by atoms with Crippen LogP contribution in [0.25, 0.3) is 0 Å². The van der Waals surface area contributed by atoms with Crippen molar-refractivity contribution in [3.63, 3.8) is 0 Å². The molecular weight excluding hydrogens is 248 g/mol. The molecule has 1 N–H and O–H groups in total. The number of benzene rings is 1. The van der Waals surface area contributed by atoms with Crippen molar-refractivity contribution in [2.24, 2.45) is 0 Å². The van der Waals surface area contributed by atoms with E-state index in [2.05, 4.69) is 41.4 Å². The molecule has 1 aliphatic heterocycles. The van der Waals surface area contributed by atoms with Crippen LogP contribution < -0.4 is 10.1 Å². The van der Waals surface area contributed by atoms with Gasteiger partial charge < -0.3 is 10.1 Å². The number of rotatable bonds is 4. The van der Waals surface area contributed by atoms with E-state index in [4.69, 9.17) is 4.74 Å². The zero-order valence-electron chi connectivity index (χ0n) is 12.5. The van der Waals surface area contributed by atoms with E-state index in [1.807, 2.05) is 0 Å². The highest BCUT2D eigenvalue weighted by Gasteiger charge is 2.21. The number of ether oxygens (including phenoxy) is 1. The Morgan fingerprint density at radius 2 is 2.10 bits per heavy atom. The topological polar surface area (TPSA) is 24.5 Å². The average molecular weight is 274 g/mol. The van der Waals surface area contributed by atoms with Crippen LogP contribution in [0.5, 0.6) is 5.75 Å². The summed E-state index contributed by atoms with van der Waals surface area (Å²) in [5.74, 6) is 1.06. The van der Waals surface area contributed by atoms with Gasteiger partial charge in [0, 0.05) is 37.3 Å². The highest BCUT2D eigenvalue weighted by Crippen LogP contribution is 2.23. The molecule has 2 aliphatic rings. The standard InChI is InChI=1S/C17H26N2O/c1-14(12-18-16-7-3-4-8-16)19-10-11-20-17-9-5-2-6-15(17)13-19/h2,5-6,9,14,16,18H,3-4,7-8,10-13H2,1H3. The zero-order chi connectivity index (χ0) is 13.8. The van der Waals surface area contributed by atoms with Crippen molar-refractivity contribution in [1.29, 1.82) is 0 Å². The molecule has 1 unspecified atom stereocenters. The van der Waals surface area contributed by atoms with Gasteiger partial charge in [-0.15, -0.1) is 0 Å². The zero-order valence-corrected chi connectivity index (χ0v) is 12.5. The Bertz CT molecular complexity index is 429. The van der Waals surface area contributed by atoms with Crippen LogP contribution in [0, 0.1) is 0 Å². The summed E-state index contributed by atoms with van der Waals surface area (Å²) in [6.45, 7) is 6.24. The number of nitrogens with one attached hydrogen (secondary N) is 1. The molecule has 3 nitrogen and oxygen atoms in total. The minimum atomic E-state index is 0.561. The molecule has 110 valence electrons. The van der Waals surface area contributed by atoms with E-state index in [0.717, 1.165) is 38.0 Å². The largest absolute Gasteiger partial charge is 0.492 e. The molecule has 0 aromatic heterocycles. The molecule has 0 amide bonds. The van der Waals surface area contributed by atoms with Gasteiger partial charge in [0.2, 0.25) is 0 Å². The van der Waals surface area contributed by atoms with Gasteiger partial charge in [0.15, 0.2) is 0 Å². The van der Waals surface area contributed by atoms with Crippen LogP contribution >= 0.6 is 0 Å². The molecule has 1 aromatic carbocycles. The quantitative estimate of drug-likeness (QED) is 0.913. The lowest BCUT2D eigenvalue weighted by atomic mass is 10.1. The summed E-state index contributed by atoms with van der Waals surface area (Å²) in [6.07, 6.45) is 5.52. The van der Waals surface area contributed by atoms with E-state index >= 15 is 0 Å². The van der Waals surface area contributed by atoms with E-state index in [1.165, 1.54) is 31.2 Å². The van der Waals surface area contributed by atoms with Gasteiger partial charge in [0.05, 0.1) is 0 Å². The Morgan fingerprint density at radius 1 is 1.30 bits per heavy atom. The second kappa shape index (κ2) is 6.59. The molecule has 0 saturated heterocycles. The fraction of sp³-hybridized carbons (Fsp3) is 0.647. The molecule has 20 heavy (non-hydrogen) atoms. The van der Waals surface area contributed by atoms with Gasteiger partial charge in [-0.2, -0.15) is 0 Å². The summed E-state index contributed by atoms with van der Waals surface area (Å²) in [5.41, 5.74) is 1.32. The van der Waals surface area contributed by atoms with Crippen LogP contribution in [0.15, 0.2) is 24.3 Å². The molecule has 1 aliphatic carbocycles. The first-order valence-corrected chi connectivity index (χ1v) is 8.01. The van der Waals surface area contributed by atoms with Crippen LogP contribution in [0.2, 0.25) is 0 Å². The number of fused-ring (bicyclic) bond motifs is 1. The van der Waals surface area contributed by atoms with Gasteiger partial charge in [-0.05, 0) is 25.8 Å². The van der Waals surface area contributed by atoms with Crippen molar-refractivity contribution in [1.82, 2.24) is 10.2 Å². The van der Waals surface area contributed by atoms with Gasteiger partial charge in [-0.3, -0.25) is 4.90 Å². The molecule has 1 saturated carbocycles. The Morgan fingerprint density at radius 3 is 2.95 bits per heavy atom. The third-order valence-electron chi connectivity index (χ3n) is 4.66. The first-order valence-electron chi connectivity index (χ1n) is 8.01. The predicted octanol–water partition coefficient (Wildman–Crippen LogP) is 2.80. The first kappa shape index (κ1) is 13.9. The maximum Gasteiger partial charge on any atom is 0.123 e. The average Bonchev–Trinajstić information content (AvgIpc) is 2.89. The summed E-state index contributed by atoms with van der Waals surface area (Å²) in [7, 11) is 0. The molecular formula is C17H26N2O. The SMILES string of the molecule is CC(CNC1CCCC1)N1CCOc2ccccc2C1. The number of hydrogen-bond donors (Lipinski definition) is 1. The van der Waals surface area contributed by atoms with Crippen LogP contribution in [-0.4, -0.2) is 36.7 Å². The predicted molar refractivity (Wildman–Crippen MR) is 82.1 cm³/mol. The van der Waals surface area contributed by atoms with Crippen LogP contribution in [0.4, 0.5) is 0 Å². The van der Waals surface area contributed by atoms with Crippen molar-refractivity contribution >= 4 is 0 Å². The van der Waals surface area contributed by atoms with Gasteiger partial charge in [-0.25, -0.2) is 0 Å². The summed E-state index contributed by atoms with van der Waals surface area (Å²) in [5, 5.41) is 3.74. The molecule has 1 atom stereocenters. The molecule has 1 heterocycles. The number of para-hydroxylation sites is 1. The first-order chi connectivity index (χ1) is 9.83. The third-order valence-corrected chi connectivity index (χ3v) is 4.66. The van der Waals surface area contributed by atoms with E-state index in [9.17, 15) is 0 Å². The van der Waals surface area contributed by atoms with E-state index in [-0.39, 0.29) is 0 Å². The van der Waals surface area contributed by atoms with Crippen LogP contribution in [0.3, 0.4) is 0 Å². The van der Waals surface area contributed by atoms with Crippen molar-refractivity contribution in [3.8, 4) is 5.75 Å². The summed E-state index contributed by atoms with van der Waals surface area (Å²) in [4.78, 5) is 2.54. The maximum atomic E-state index is 5.84. The van der Waals surface area contributed by atoms with Crippen molar-refractivity contribution in [3.05, 3.63) is 29.8 Å². The monoisotopic (exact) mass is 274 g/mol. The normalized spacial score (nSPS) is 22.1. The molecule has 1 aromatic rings. The Balaban J connectivity index is 1.56. The van der Waals surface area contributed by atoms with Crippen LogP contribution in [-0.2, 0) is 6.54 Å². The number of hydrogen-bond acceptors (Lipinski definition) is 3. The Labute approximate surface area is 122 Å². The summed E-state index contributed by atoms with van der Waals surface area (Å²) >= 11 is 0. The van der Waals surface area contributed by atoms with Crippen molar-refractivity contribution in [2.45, 2.75) is 51.2 Å². The smallest absolute Gasteiger partial charge is 0.123 e. The molecule has 0 radical (unpaired) electrons. The van der Waals surface area contributed by atoms with Gasteiger partial charge in [-0.1, -0.05) is 31.0 Å². The van der Waals surface area contributed by atoms with E-state index < -0.39 is 0 Å². The minimum Gasteiger partial charge on any atom is -0.492 e. The van der Waals surface area contributed by atoms with Gasteiger partial charge >= 0.3 is 0 Å². The molecule has 3 heteroatoms. The van der Waals surface area contributed by atoms with E-state index in [0.29, 0.717) is 6.04 Å². The lowest BCUT2D eigenvalue weighted by Gasteiger charge is -2.28. The van der Waals surface area contributed by atoms with Crippen LogP contribution in [0.1, 0.15) is 38.2 Å². The Hall–Kier alpha value is -1.06. The lowest BCUT2D eigenvalue weighted by Crippen LogP contribution is -2.43. The second-order valence-corrected chi connectivity index (χ2v) is 6.17. The molecule has 1 fully saturated rings. The van der Waals surface area contributed by atoms with Crippen molar-refractivity contribution < 1.29 is 4.74 Å². The Kier molecular flexibility index (Phi) is 4.58. The van der Waals surface area contributed by atoms with Gasteiger partial charge in [0.25, 0.3) is 0 Å². The third kappa shape index (κ3) is 3.33. The highest BCUT2D eigenvalue weighted by molar-refractivity contribution is 5.33. The lowest BCUT2D eigenvalue weighted by molar-refractivity contribution is 0.173. The second-order valence-electron chi connectivity index (χ2n) is 6.17. The highest BCUT2D eigenvalue weighted by atomic mass is 16.5. The molecule has 3 rings (SSSR count). The molecule has 0 spiro atoms. The summed E-state index contributed by atoms with van der Waals surface area (Å²) in [6, 6.07) is 9.75. The van der Waals surface area contributed by atoms with Gasteiger partial charge in [0.1, 0.15) is 12.4 Å². The fourth-order valence-corrected chi connectivity index (χ4v) is 3.32. The molecule has 0 bridgehead atoms. The van der Waals surface area contributed by atoms with E-state index in [1.54, 1.807) is 0 Å². The fourth-order valence-electron chi connectivity index (χ4n) is 3.32. The summed E-state index contributed by atoms with van der Waals surface area (Å²) < 4.78 is 5.84.